The molecule has 124 valence electrons. The zero-order chi connectivity index (χ0) is 16.4. The third-order valence-electron chi connectivity index (χ3n) is 4.74. The highest BCUT2D eigenvalue weighted by molar-refractivity contribution is 5.53. The molecular formula is C17H21N7. The van der Waals surface area contributed by atoms with Crippen LogP contribution in [0.4, 0.5) is 17.3 Å². The SMILES string of the molecule is N#Cc1cnn2c1NCC(CNc1ccc(N3CCCC3)cn1)C2. The minimum atomic E-state index is 0.406. The molecular weight excluding hydrogens is 302 g/mol. The molecule has 0 amide bonds. The van der Waals surface area contributed by atoms with E-state index in [-0.39, 0.29) is 0 Å². The maximum absolute atomic E-state index is 9.03. The van der Waals surface area contributed by atoms with Gasteiger partial charge in [-0.25, -0.2) is 9.67 Å². The largest absolute Gasteiger partial charge is 0.370 e. The van der Waals surface area contributed by atoms with E-state index in [2.05, 4.69) is 43.8 Å². The highest BCUT2D eigenvalue weighted by atomic mass is 15.3. The van der Waals surface area contributed by atoms with Gasteiger partial charge in [-0.3, -0.25) is 0 Å². The molecule has 0 bridgehead atoms. The molecule has 0 spiro atoms. The van der Waals surface area contributed by atoms with Gasteiger partial charge in [0.05, 0.1) is 18.1 Å². The van der Waals surface area contributed by atoms with E-state index in [1.54, 1.807) is 6.20 Å². The van der Waals surface area contributed by atoms with Gasteiger partial charge in [-0.2, -0.15) is 10.4 Å². The summed E-state index contributed by atoms with van der Waals surface area (Å²) in [5.74, 6) is 2.15. The van der Waals surface area contributed by atoms with E-state index < -0.39 is 0 Å². The summed E-state index contributed by atoms with van der Waals surface area (Å²) in [6, 6.07) is 6.36. The van der Waals surface area contributed by atoms with Gasteiger partial charge < -0.3 is 15.5 Å². The molecule has 1 atom stereocenters. The Hall–Kier alpha value is -2.75. The van der Waals surface area contributed by atoms with Crippen molar-refractivity contribution in [2.45, 2.75) is 19.4 Å². The van der Waals surface area contributed by atoms with Crippen LogP contribution in [0.5, 0.6) is 0 Å². The first-order valence-corrected chi connectivity index (χ1v) is 8.48. The lowest BCUT2D eigenvalue weighted by Crippen LogP contribution is -2.32. The Morgan fingerprint density at radius 1 is 1.29 bits per heavy atom. The van der Waals surface area contributed by atoms with Crippen molar-refractivity contribution >= 4 is 17.3 Å². The molecule has 4 rings (SSSR count). The predicted octanol–water partition coefficient (Wildman–Crippen LogP) is 1.90. The van der Waals surface area contributed by atoms with Gasteiger partial charge in [-0.05, 0) is 25.0 Å². The topological polar surface area (TPSA) is 81.8 Å². The zero-order valence-corrected chi connectivity index (χ0v) is 13.6. The van der Waals surface area contributed by atoms with Crippen molar-refractivity contribution in [2.24, 2.45) is 5.92 Å². The molecule has 0 aliphatic carbocycles. The van der Waals surface area contributed by atoms with E-state index >= 15 is 0 Å². The van der Waals surface area contributed by atoms with Crippen LogP contribution in [-0.2, 0) is 6.54 Å². The lowest BCUT2D eigenvalue weighted by molar-refractivity contribution is 0.431. The summed E-state index contributed by atoms with van der Waals surface area (Å²) in [5.41, 5.74) is 1.82. The summed E-state index contributed by atoms with van der Waals surface area (Å²) in [4.78, 5) is 6.91. The van der Waals surface area contributed by atoms with Crippen LogP contribution >= 0.6 is 0 Å². The van der Waals surface area contributed by atoms with Crippen molar-refractivity contribution < 1.29 is 0 Å². The zero-order valence-electron chi connectivity index (χ0n) is 13.6. The summed E-state index contributed by atoms with van der Waals surface area (Å²) >= 11 is 0. The summed E-state index contributed by atoms with van der Waals surface area (Å²) in [6.45, 7) is 4.74. The second kappa shape index (κ2) is 6.40. The average Bonchev–Trinajstić information content (AvgIpc) is 3.29. The Bertz CT molecular complexity index is 737. The van der Waals surface area contributed by atoms with E-state index in [1.165, 1.54) is 18.5 Å². The summed E-state index contributed by atoms with van der Waals surface area (Å²) in [6.07, 6.45) is 6.13. The summed E-state index contributed by atoms with van der Waals surface area (Å²) < 4.78 is 1.87. The van der Waals surface area contributed by atoms with Crippen LogP contribution in [0.3, 0.4) is 0 Å². The van der Waals surface area contributed by atoms with Crippen LogP contribution < -0.4 is 15.5 Å². The predicted molar refractivity (Wildman–Crippen MR) is 93.1 cm³/mol. The number of aromatic nitrogens is 3. The second-order valence-electron chi connectivity index (χ2n) is 6.42. The average molecular weight is 323 g/mol. The highest BCUT2D eigenvalue weighted by Gasteiger charge is 2.21. The molecule has 24 heavy (non-hydrogen) atoms. The molecule has 2 aliphatic rings. The Labute approximate surface area is 141 Å². The fraction of sp³-hybridized carbons (Fsp3) is 0.471. The number of rotatable bonds is 4. The molecule has 0 radical (unpaired) electrons. The van der Waals surface area contributed by atoms with E-state index in [0.29, 0.717) is 11.5 Å². The molecule has 2 aromatic rings. The molecule has 2 aliphatic heterocycles. The van der Waals surface area contributed by atoms with Crippen molar-refractivity contribution in [2.75, 3.05) is 41.7 Å². The van der Waals surface area contributed by atoms with Crippen molar-refractivity contribution in [1.82, 2.24) is 14.8 Å². The number of nitrogens with zero attached hydrogens (tertiary/aromatic N) is 5. The van der Waals surface area contributed by atoms with E-state index in [0.717, 1.165) is 44.4 Å². The maximum Gasteiger partial charge on any atom is 0.142 e. The number of hydrogen-bond donors (Lipinski definition) is 2. The van der Waals surface area contributed by atoms with Gasteiger partial charge in [0.1, 0.15) is 23.3 Å². The minimum Gasteiger partial charge on any atom is -0.370 e. The fourth-order valence-electron chi connectivity index (χ4n) is 3.38. The number of anilines is 3. The van der Waals surface area contributed by atoms with Crippen LogP contribution in [0.25, 0.3) is 0 Å². The molecule has 2 aromatic heterocycles. The van der Waals surface area contributed by atoms with Crippen molar-refractivity contribution in [3.63, 3.8) is 0 Å². The molecule has 4 heterocycles. The van der Waals surface area contributed by atoms with Crippen molar-refractivity contribution in [3.8, 4) is 6.07 Å². The van der Waals surface area contributed by atoms with Crippen LogP contribution in [0.2, 0.25) is 0 Å². The molecule has 1 fully saturated rings. The van der Waals surface area contributed by atoms with E-state index in [4.69, 9.17) is 5.26 Å². The first kappa shape index (κ1) is 14.8. The standard InChI is InChI=1S/C17H21N7/c18-7-14-10-22-24-12-13(9-21-17(14)24)8-19-16-4-3-15(11-20-16)23-5-1-2-6-23/h3-4,10-11,13,21H,1-2,5-6,8-9,12H2,(H,19,20). The second-order valence-corrected chi connectivity index (χ2v) is 6.42. The molecule has 0 saturated carbocycles. The quantitative estimate of drug-likeness (QED) is 0.894. The first-order valence-electron chi connectivity index (χ1n) is 8.48. The van der Waals surface area contributed by atoms with Gasteiger partial charge in [0.25, 0.3) is 0 Å². The summed E-state index contributed by atoms with van der Waals surface area (Å²) in [5, 5.41) is 20.0. The molecule has 2 N–H and O–H groups in total. The molecule has 7 heteroatoms. The minimum absolute atomic E-state index is 0.406. The third kappa shape index (κ3) is 2.87. The number of nitriles is 1. The van der Waals surface area contributed by atoms with Crippen LogP contribution in [0, 0.1) is 17.2 Å². The number of nitrogens with one attached hydrogen (secondary N) is 2. The number of fused-ring (bicyclic) bond motifs is 1. The van der Waals surface area contributed by atoms with Gasteiger partial charge in [0.15, 0.2) is 0 Å². The molecule has 7 nitrogen and oxygen atoms in total. The smallest absolute Gasteiger partial charge is 0.142 e. The normalized spacial score (nSPS) is 19.5. The summed E-state index contributed by atoms with van der Waals surface area (Å²) in [7, 11) is 0. The van der Waals surface area contributed by atoms with Crippen LogP contribution in [0.1, 0.15) is 18.4 Å². The highest BCUT2D eigenvalue weighted by Crippen LogP contribution is 2.22. The molecule has 1 unspecified atom stereocenters. The lowest BCUT2D eigenvalue weighted by atomic mass is 10.1. The van der Waals surface area contributed by atoms with Gasteiger partial charge in [-0.15, -0.1) is 0 Å². The van der Waals surface area contributed by atoms with Gasteiger partial charge in [-0.1, -0.05) is 0 Å². The third-order valence-corrected chi connectivity index (χ3v) is 4.74. The molecule has 1 saturated heterocycles. The van der Waals surface area contributed by atoms with Gasteiger partial charge >= 0.3 is 0 Å². The molecule has 0 aromatic carbocycles. The van der Waals surface area contributed by atoms with Crippen LogP contribution in [-0.4, -0.2) is 40.9 Å². The van der Waals surface area contributed by atoms with Crippen molar-refractivity contribution in [1.29, 1.82) is 5.26 Å². The van der Waals surface area contributed by atoms with E-state index in [1.807, 2.05) is 10.9 Å². The van der Waals surface area contributed by atoms with Gasteiger partial charge in [0.2, 0.25) is 0 Å². The van der Waals surface area contributed by atoms with Crippen LogP contribution in [0.15, 0.2) is 24.5 Å². The van der Waals surface area contributed by atoms with Gasteiger partial charge in [0, 0.05) is 38.6 Å². The monoisotopic (exact) mass is 323 g/mol. The lowest BCUT2D eigenvalue weighted by Gasteiger charge is -2.25. The Kier molecular flexibility index (Phi) is 3.95. The fourth-order valence-corrected chi connectivity index (χ4v) is 3.38. The maximum atomic E-state index is 9.03. The number of pyridine rings is 1. The first-order chi connectivity index (χ1) is 11.8. The number of hydrogen-bond acceptors (Lipinski definition) is 6. The van der Waals surface area contributed by atoms with E-state index in [9.17, 15) is 0 Å². The Morgan fingerprint density at radius 2 is 2.17 bits per heavy atom. The Morgan fingerprint density at radius 3 is 2.92 bits per heavy atom. The Balaban J connectivity index is 1.33. The van der Waals surface area contributed by atoms with Crippen molar-refractivity contribution in [3.05, 3.63) is 30.1 Å².